The molecule has 1 atom stereocenters. The van der Waals surface area contributed by atoms with E-state index in [-0.39, 0.29) is 29.8 Å². The van der Waals surface area contributed by atoms with Crippen LogP contribution in [0.15, 0.2) is 54.6 Å². The zero-order chi connectivity index (χ0) is 25.3. The minimum absolute atomic E-state index is 0.0614. The second kappa shape index (κ2) is 12.7. The standard InChI is InChI=1S/C28H37FN2O4/c1-28(2,3)35-27(33)31-17-15-22(16-18-31)25(30-26(32)23-11-13-24(29)14-12-23)10-7-19-34-20-21-8-5-4-6-9-21/h4-6,8-9,11-14,22,25H,7,10,15-20H2,1-3H3,(H,30,32)/t25-/m1/s1. The monoisotopic (exact) mass is 484 g/mol. The third-order valence-corrected chi connectivity index (χ3v) is 6.10. The number of nitrogens with zero attached hydrogens (tertiary/aromatic N) is 1. The van der Waals surface area contributed by atoms with Gasteiger partial charge in [0.05, 0.1) is 6.61 Å². The van der Waals surface area contributed by atoms with Crippen molar-refractivity contribution in [3.63, 3.8) is 0 Å². The average Bonchev–Trinajstić information content (AvgIpc) is 2.83. The number of amides is 2. The van der Waals surface area contributed by atoms with Gasteiger partial charge >= 0.3 is 6.09 Å². The van der Waals surface area contributed by atoms with Gasteiger partial charge in [-0.25, -0.2) is 9.18 Å². The molecule has 190 valence electrons. The molecule has 35 heavy (non-hydrogen) atoms. The van der Waals surface area contributed by atoms with Crippen molar-refractivity contribution in [2.45, 2.75) is 64.7 Å². The van der Waals surface area contributed by atoms with Gasteiger partial charge in [-0.2, -0.15) is 0 Å². The molecule has 1 heterocycles. The molecule has 6 nitrogen and oxygen atoms in total. The van der Waals surface area contributed by atoms with Crippen LogP contribution in [-0.4, -0.2) is 48.2 Å². The highest BCUT2D eigenvalue weighted by molar-refractivity contribution is 5.94. The number of nitrogens with one attached hydrogen (secondary N) is 1. The molecule has 0 aliphatic carbocycles. The Morgan fingerprint density at radius 1 is 1.06 bits per heavy atom. The number of hydrogen-bond donors (Lipinski definition) is 1. The highest BCUT2D eigenvalue weighted by Gasteiger charge is 2.31. The highest BCUT2D eigenvalue weighted by Crippen LogP contribution is 2.25. The van der Waals surface area contributed by atoms with E-state index in [2.05, 4.69) is 5.32 Å². The Balaban J connectivity index is 1.55. The molecule has 1 aliphatic heterocycles. The number of benzene rings is 2. The van der Waals surface area contributed by atoms with Crippen LogP contribution in [0.4, 0.5) is 9.18 Å². The Morgan fingerprint density at radius 3 is 2.34 bits per heavy atom. The van der Waals surface area contributed by atoms with Crippen molar-refractivity contribution in [1.29, 1.82) is 0 Å². The fourth-order valence-corrected chi connectivity index (χ4v) is 4.26. The first-order chi connectivity index (χ1) is 16.7. The Labute approximate surface area is 207 Å². The Bertz CT molecular complexity index is 936. The van der Waals surface area contributed by atoms with E-state index in [0.29, 0.717) is 31.9 Å². The molecule has 1 saturated heterocycles. The van der Waals surface area contributed by atoms with Crippen LogP contribution in [0.2, 0.25) is 0 Å². The fraction of sp³-hybridized carbons (Fsp3) is 0.500. The smallest absolute Gasteiger partial charge is 0.410 e. The molecule has 3 rings (SSSR count). The Morgan fingerprint density at radius 2 is 1.71 bits per heavy atom. The molecule has 1 fully saturated rings. The molecule has 0 bridgehead atoms. The molecule has 0 unspecified atom stereocenters. The summed E-state index contributed by atoms with van der Waals surface area (Å²) in [5.74, 6) is -0.356. The summed E-state index contributed by atoms with van der Waals surface area (Å²) >= 11 is 0. The topological polar surface area (TPSA) is 67.9 Å². The largest absolute Gasteiger partial charge is 0.444 e. The molecule has 2 aromatic rings. The van der Waals surface area contributed by atoms with Crippen LogP contribution in [0.5, 0.6) is 0 Å². The number of likely N-dealkylation sites (tertiary alicyclic amines) is 1. The zero-order valence-electron chi connectivity index (χ0n) is 21.0. The van der Waals surface area contributed by atoms with E-state index in [4.69, 9.17) is 9.47 Å². The molecule has 1 aliphatic rings. The molecule has 0 radical (unpaired) electrons. The second-order valence-corrected chi connectivity index (χ2v) is 10.1. The van der Waals surface area contributed by atoms with Crippen molar-refractivity contribution in [2.75, 3.05) is 19.7 Å². The normalized spacial score (nSPS) is 15.5. The third kappa shape index (κ3) is 8.98. The molecule has 7 heteroatoms. The summed E-state index contributed by atoms with van der Waals surface area (Å²) in [5.41, 5.74) is 1.03. The van der Waals surface area contributed by atoms with Gasteiger partial charge in [-0.15, -0.1) is 0 Å². The molecular weight excluding hydrogens is 447 g/mol. The SMILES string of the molecule is CC(C)(C)OC(=O)N1CCC([C@@H](CCCOCc2ccccc2)NC(=O)c2ccc(F)cc2)CC1. The molecule has 1 N–H and O–H groups in total. The maximum absolute atomic E-state index is 13.3. The summed E-state index contributed by atoms with van der Waals surface area (Å²) in [4.78, 5) is 27.0. The van der Waals surface area contributed by atoms with E-state index < -0.39 is 5.60 Å². The van der Waals surface area contributed by atoms with E-state index in [1.165, 1.54) is 24.3 Å². The summed E-state index contributed by atoms with van der Waals surface area (Å²) in [6.07, 6.45) is 2.82. The summed E-state index contributed by atoms with van der Waals surface area (Å²) < 4.78 is 24.6. The van der Waals surface area contributed by atoms with E-state index in [0.717, 1.165) is 31.2 Å². The van der Waals surface area contributed by atoms with Crippen molar-refractivity contribution in [1.82, 2.24) is 10.2 Å². The number of hydrogen-bond acceptors (Lipinski definition) is 4. The quantitative estimate of drug-likeness (QED) is 0.473. The van der Waals surface area contributed by atoms with E-state index in [1.807, 2.05) is 51.1 Å². The van der Waals surface area contributed by atoms with Crippen LogP contribution in [-0.2, 0) is 16.1 Å². The highest BCUT2D eigenvalue weighted by atomic mass is 19.1. The van der Waals surface area contributed by atoms with Gasteiger partial charge in [-0.05, 0) is 82.2 Å². The van der Waals surface area contributed by atoms with Gasteiger partial charge in [0.2, 0.25) is 0 Å². The Hall–Kier alpha value is -2.93. The van der Waals surface area contributed by atoms with E-state index in [9.17, 15) is 14.0 Å². The first kappa shape index (κ1) is 26.7. The molecular formula is C28H37FN2O4. The number of ether oxygens (including phenoxy) is 2. The molecule has 2 amide bonds. The minimum Gasteiger partial charge on any atom is -0.444 e. The van der Waals surface area contributed by atoms with Gasteiger partial charge in [-0.1, -0.05) is 30.3 Å². The van der Waals surface area contributed by atoms with Gasteiger partial charge in [0, 0.05) is 31.3 Å². The van der Waals surface area contributed by atoms with Gasteiger partial charge in [0.15, 0.2) is 0 Å². The van der Waals surface area contributed by atoms with Crippen LogP contribution < -0.4 is 5.32 Å². The van der Waals surface area contributed by atoms with Crippen LogP contribution in [0.1, 0.15) is 62.4 Å². The lowest BCUT2D eigenvalue weighted by atomic mass is 9.86. The van der Waals surface area contributed by atoms with Gasteiger partial charge in [0.25, 0.3) is 5.91 Å². The Kier molecular flexibility index (Phi) is 9.66. The fourth-order valence-electron chi connectivity index (χ4n) is 4.26. The zero-order valence-corrected chi connectivity index (χ0v) is 21.0. The van der Waals surface area contributed by atoms with Gasteiger partial charge in [-0.3, -0.25) is 4.79 Å². The third-order valence-electron chi connectivity index (χ3n) is 6.10. The predicted molar refractivity (Wildman–Crippen MR) is 134 cm³/mol. The van der Waals surface area contributed by atoms with Crippen LogP contribution in [0.25, 0.3) is 0 Å². The predicted octanol–water partition coefficient (Wildman–Crippen LogP) is 5.57. The lowest BCUT2D eigenvalue weighted by Crippen LogP contribution is -2.47. The van der Waals surface area contributed by atoms with Crippen molar-refractivity contribution < 1.29 is 23.5 Å². The van der Waals surface area contributed by atoms with Crippen molar-refractivity contribution in [3.8, 4) is 0 Å². The second-order valence-electron chi connectivity index (χ2n) is 10.1. The van der Waals surface area contributed by atoms with Crippen LogP contribution in [0, 0.1) is 11.7 Å². The molecule has 0 aromatic heterocycles. The maximum atomic E-state index is 13.3. The van der Waals surface area contributed by atoms with Crippen LogP contribution in [0.3, 0.4) is 0 Å². The molecule has 0 saturated carbocycles. The van der Waals surface area contributed by atoms with Crippen LogP contribution >= 0.6 is 0 Å². The van der Waals surface area contributed by atoms with Crippen molar-refractivity contribution in [3.05, 3.63) is 71.5 Å². The number of halogens is 1. The lowest BCUT2D eigenvalue weighted by Gasteiger charge is -2.37. The van der Waals surface area contributed by atoms with E-state index in [1.54, 1.807) is 4.90 Å². The first-order valence-corrected chi connectivity index (χ1v) is 12.4. The number of carbonyl (C=O) groups excluding carboxylic acids is 2. The summed E-state index contributed by atoms with van der Waals surface area (Å²) in [6, 6.07) is 15.5. The number of rotatable bonds is 9. The lowest BCUT2D eigenvalue weighted by molar-refractivity contribution is 0.0164. The van der Waals surface area contributed by atoms with Gasteiger partial charge < -0.3 is 19.7 Å². The number of carbonyl (C=O) groups is 2. The van der Waals surface area contributed by atoms with Gasteiger partial charge in [0.1, 0.15) is 11.4 Å². The summed E-state index contributed by atoms with van der Waals surface area (Å²) in [5, 5.41) is 3.16. The maximum Gasteiger partial charge on any atom is 0.410 e. The summed E-state index contributed by atoms with van der Waals surface area (Å²) in [7, 11) is 0. The van der Waals surface area contributed by atoms with Crippen molar-refractivity contribution >= 4 is 12.0 Å². The average molecular weight is 485 g/mol. The first-order valence-electron chi connectivity index (χ1n) is 12.4. The van der Waals surface area contributed by atoms with Crippen molar-refractivity contribution in [2.24, 2.45) is 5.92 Å². The minimum atomic E-state index is -0.528. The molecule has 0 spiro atoms. The summed E-state index contributed by atoms with van der Waals surface area (Å²) in [6.45, 7) is 7.91. The van der Waals surface area contributed by atoms with E-state index >= 15 is 0 Å². The molecule has 2 aromatic carbocycles. The number of piperidine rings is 1.